The van der Waals surface area contributed by atoms with Gasteiger partial charge in [-0.2, -0.15) is 0 Å². The van der Waals surface area contributed by atoms with Crippen molar-refractivity contribution in [3.63, 3.8) is 0 Å². The number of rotatable bonds is 4. The summed E-state index contributed by atoms with van der Waals surface area (Å²) in [4.78, 5) is 14.1. The minimum Gasteiger partial charge on any atom is -0.483 e. The quantitative estimate of drug-likeness (QED) is 0.913. The third-order valence-corrected chi connectivity index (χ3v) is 3.88. The zero-order chi connectivity index (χ0) is 14.5. The van der Waals surface area contributed by atoms with Crippen LogP contribution >= 0.6 is 0 Å². The molecule has 1 aliphatic heterocycles. The molecule has 1 aromatic rings. The highest BCUT2D eigenvalue weighted by Gasteiger charge is 2.22. The van der Waals surface area contributed by atoms with Crippen LogP contribution in [0.4, 0.5) is 0 Å². The molecule has 1 amide bonds. The van der Waals surface area contributed by atoms with Crippen molar-refractivity contribution < 1.29 is 9.53 Å². The second-order valence-electron chi connectivity index (χ2n) is 5.53. The number of nitrogens with one attached hydrogen (secondary N) is 1. The van der Waals surface area contributed by atoms with Gasteiger partial charge in [-0.05, 0) is 50.9 Å². The van der Waals surface area contributed by atoms with Crippen molar-refractivity contribution >= 4 is 5.91 Å². The van der Waals surface area contributed by atoms with E-state index in [2.05, 4.69) is 5.32 Å². The number of hydrogen-bond acceptors (Lipinski definition) is 3. The molecule has 0 aromatic heterocycles. The van der Waals surface area contributed by atoms with Gasteiger partial charge in [0.05, 0.1) is 0 Å². The Morgan fingerprint density at radius 1 is 1.45 bits per heavy atom. The predicted molar refractivity (Wildman–Crippen MR) is 80.1 cm³/mol. The van der Waals surface area contributed by atoms with Crippen LogP contribution in [0.25, 0.3) is 0 Å². The molecule has 1 unspecified atom stereocenters. The SMILES string of the molecule is CNC1CCCN(C(=O)COc2cc(C)ccc2C)C1. The average molecular weight is 276 g/mol. The third kappa shape index (κ3) is 3.73. The number of carbonyl (C=O) groups is 1. The van der Waals surface area contributed by atoms with E-state index in [1.807, 2.05) is 44.0 Å². The summed E-state index contributed by atoms with van der Waals surface area (Å²) in [5, 5.41) is 3.24. The second-order valence-corrected chi connectivity index (χ2v) is 5.53. The van der Waals surface area contributed by atoms with Crippen LogP contribution in [0, 0.1) is 13.8 Å². The minimum atomic E-state index is 0.0749. The lowest BCUT2D eigenvalue weighted by atomic mass is 10.1. The van der Waals surface area contributed by atoms with E-state index in [4.69, 9.17) is 4.74 Å². The molecule has 0 saturated carbocycles. The van der Waals surface area contributed by atoms with E-state index in [0.29, 0.717) is 6.04 Å². The summed E-state index contributed by atoms with van der Waals surface area (Å²) in [5.74, 6) is 0.881. The topological polar surface area (TPSA) is 41.6 Å². The molecule has 2 rings (SSSR count). The summed E-state index contributed by atoms with van der Waals surface area (Å²) in [7, 11) is 1.95. The number of nitrogens with zero attached hydrogens (tertiary/aromatic N) is 1. The van der Waals surface area contributed by atoms with Crippen molar-refractivity contribution in [3.8, 4) is 5.75 Å². The molecule has 0 spiro atoms. The van der Waals surface area contributed by atoms with Crippen molar-refractivity contribution in [3.05, 3.63) is 29.3 Å². The summed E-state index contributed by atoms with van der Waals surface area (Å²) in [6.07, 6.45) is 2.19. The Balaban J connectivity index is 1.90. The fourth-order valence-electron chi connectivity index (χ4n) is 2.53. The standard InChI is InChI=1S/C16H24N2O2/c1-12-6-7-13(2)15(9-12)20-11-16(19)18-8-4-5-14(10-18)17-3/h6-7,9,14,17H,4-5,8,10-11H2,1-3H3. The number of hydrogen-bond donors (Lipinski definition) is 1. The van der Waals surface area contributed by atoms with E-state index >= 15 is 0 Å². The van der Waals surface area contributed by atoms with Crippen molar-refractivity contribution in [2.45, 2.75) is 32.7 Å². The molecule has 1 fully saturated rings. The van der Waals surface area contributed by atoms with Gasteiger partial charge < -0.3 is 15.0 Å². The molecule has 1 N–H and O–H groups in total. The second kappa shape index (κ2) is 6.75. The first kappa shape index (κ1) is 14.9. The van der Waals surface area contributed by atoms with Gasteiger partial charge in [-0.1, -0.05) is 12.1 Å². The number of likely N-dealkylation sites (N-methyl/N-ethyl adjacent to an activating group) is 1. The van der Waals surface area contributed by atoms with Gasteiger partial charge in [0.25, 0.3) is 5.91 Å². The predicted octanol–water partition coefficient (Wildman–Crippen LogP) is 1.89. The van der Waals surface area contributed by atoms with E-state index in [9.17, 15) is 4.79 Å². The molecular formula is C16H24N2O2. The van der Waals surface area contributed by atoms with Gasteiger partial charge in [0.15, 0.2) is 6.61 Å². The molecule has 0 radical (unpaired) electrons. The number of aryl methyl sites for hydroxylation is 2. The first-order valence-corrected chi connectivity index (χ1v) is 7.25. The number of ether oxygens (including phenoxy) is 1. The van der Waals surface area contributed by atoms with Gasteiger partial charge >= 0.3 is 0 Å². The maximum atomic E-state index is 12.2. The van der Waals surface area contributed by atoms with Gasteiger partial charge in [-0.3, -0.25) is 4.79 Å². The number of likely N-dealkylation sites (tertiary alicyclic amines) is 1. The van der Waals surface area contributed by atoms with Crippen LogP contribution in [0.2, 0.25) is 0 Å². The lowest BCUT2D eigenvalue weighted by molar-refractivity contribution is -0.134. The number of piperidine rings is 1. The minimum absolute atomic E-state index is 0.0749. The molecule has 0 bridgehead atoms. The lowest BCUT2D eigenvalue weighted by Gasteiger charge is -2.32. The Kier molecular flexibility index (Phi) is 5.01. The summed E-state index contributed by atoms with van der Waals surface area (Å²) < 4.78 is 5.69. The normalized spacial score (nSPS) is 18.9. The van der Waals surface area contributed by atoms with Crippen molar-refractivity contribution in [1.29, 1.82) is 0 Å². The largest absolute Gasteiger partial charge is 0.483 e. The average Bonchev–Trinajstić information content (AvgIpc) is 2.48. The Hall–Kier alpha value is -1.55. The lowest BCUT2D eigenvalue weighted by Crippen LogP contribution is -2.48. The zero-order valence-corrected chi connectivity index (χ0v) is 12.6. The van der Waals surface area contributed by atoms with Crippen molar-refractivity contribution in [1.82, 2.24) is 10.2 Å². The van der Waals surface area contributed by atoms with Crippen LogP contribution in [0.1, 0.15) is 24.0 Å². The maximum absolute atomic E-state index is 12.2. The van der Waals surface area contributed by atoms with E-state index in [-0.39, 0.29) is 12.5 Å². The first-order valence-electron chi connectivity index (χ1n) is 7.25. The van der Waals surface area contributed by atoms with Crippen LogP contribution in [0.5, 0.6) is 5.75 Å². The van der Waals surface area contributed by atoms with Crippen LogP contribution in [0.3, 0.4) is 0 Å². The molecule has 4 heteroatoms. The zero-order valence-electron chi connectivity index (χ0n) is 12.6. The first-order chi connectivity index (χ1) is 9.60. The van der Waals surface area contributed by atoms with Gasteiger partial charge in [0, 0.05) is 19.1 Å². The molecule has 1 heterocycles. The highest BCUT2D eigenvalue weighted by Crippen LogP contribution is 2.19. The smallest absolute Gasteiger partial charge is 0.260 e. The fourth-order valence-corrected chi connectivity index (χ4v) is 2.53. The Bertz CT molecular complexity index is 474. The van der Waals surface area contributed by atoms with E-state index in [1.54, 1.807) is 0 Å². The maximum Gasteiger partial charge on any atom is 0.260 e. The highest BCUT2D eigenvalue weighted by atomic mass is 16.5. The molecular weight excluding hydrogens is 252 g/mol. The van der Waals surface area contributed by atoms with E-state index in [0.717, 1.165) is 42.8 Å². The van der Waals surface area contributed by atoms with Gasteiger partial charge in [-0.15, -0.1) is 0 Å². The molecule has 1 aromatic carbocycles. The summed E-state index contributed by atoms with van der Waals surface area (Å²) in [6, 6.07) is 6.46. The van der Waals surface area contributed by atoms with Crippen molar-refractivity contribution in [2.75, 3.05) is 26.7 Å². The van der Waals surface area contributed by atoms with Gasteiger partial charge in [-0.25, -0.2) is 0 Å². The van der Waals surface area contributed by atoms with Gasteiger partial charge in [0.2, 0.25) is 0 Å². The molecule has 1 saturated heterocycles. The number of amides is 1. The Morgan fingerprint density at radius 3 is 3.00 bits per heavy atom. The van der Waals surface area contributed by atoms with Crippen molar-refractivity contribution in [2.24, 2.45) is 0 Å². The van der Waals surface area contributed by atoms with Crippen LogP contribution < -0.4 is 10.1 Å². The Labute approximate surface area is 121 Å². The summed E-state index contributed by atoms with van der Waals surface area (Å²) in [6.45, 7) is 5.77. The summed E-state index contributed by atoms with van der Waals surface area (Å²) in [5.41, 5.74) is 2.21. The summed E-state index contributed by atoms with van der Waals surface area (Å²) >= 11 is 0. The van der Waals surface area contributed by atoms with E-state index in [1.165, 1.54) is 0 Å². The van der Waals surface area contributed by atoms with Gasteiger partial charge in [0.1, 0.15) is 5.75 Å². The number of carbonyl (C=O) groups excluding carboxylic acids is 1. The highest BCUT2D eigenvalue weighted by molar-refractivity contribution is 5.78. The molecule has 1 aliphatic rings. The van der Waals surface area contributed by atoms with E-state index < -0.39 is 0 Å². The molecule has 1 atom stereocenters. The molecule has 4 nitrogen and oxygen atoms in total. The molecule has 20 heavy (non-hydrogen) atoms. The molecule has 110 valence electrons. The van der Waals surface area contributed by atoms with Crippen LogP contribution in [-0.2, 0) is 4.79 Å². The number of benzene rings is 1. The monoisotopic (exact) mass is 276 g/mol. The molecule has 0 aliphatic carbocycles. The van der Waals surface area contributed by atoms with Crippen LogP contribution in [0.15, 0.2) is 18.2 Å². The van der Waals surface area contributed by atoms with Crippen LogP contribution in [-0.4, -0.2) is 43.6 Å². The third-order valence-electron chi connectivity index (χ3n) is 3.88. The Morgan fingerprint density at radius 2 is 2.25 bits per heavy atom. The fraction of sp³-hybridized carbons (Fsp3) is 0.562.